The number of allylic oxidation sites excluding steroid dienone is 4. The molecule has 1 atom stereocenters. The molecule has 158 valence electrons. The molecule has 1 N–H and O–H groups in total. The standard InChI is InChI=1S/C22H26N4O4/c1-6-15(9-8-10-30-7-2)17-13-18(26-22(25-17)23-14-24-26)16-11-19(27-3)21(29-5)20(12-16)28-4/h6,8-14,18H,1,7H2,2-5H3,(H,23,24,25)/b10-8+,15-9+. The SMILES string of the molecule is C=C/C(=C\C=C\OCC)C1=CC(c2cc(OC)c(OC)c(OC)c2)n2ncnc2N1. The van der Waals surface area contributed by atoms with Crippen molar-refractivity contribution in [3.05, 3.63) is 72.4 Å². The molecule has 0 fully saturated rings. The van der Waals surface area contributed by atoms with Crippen molar-refractivity contribution in [1.29, 1.82) is 0 Å². The van der Waals surface area contributed by atoms with E-state index < -0.39 is 0 Å². The lowest BCUT2D eigenvalue weighted by Crippen LogP contribution is -2.21. The number of methoxy groups -OCH3 is 3. The monoisotopic (exact) mass is 410 g/mol. The maximum absolute atomic E-state index is 5.51. The Bertz CT molecular complexity index is 966. The first kappa shape index (κ1) is 21.0. The molecule has 0 saturated heterocycles. The zero-order valence-corrected chi connectivity index (χ0v) is 17.6. The minimum Gasteiger partial charge on any atom is -0.501 e. The van der Waals surface area contributed by atoms with Crippen LogP contribution in [0.1, 0.15) is 18.5 Å². The molecular weight excluding hydrogens is 384 g/mol. The summed E-state index contributed by atoms with van der Waals surface area (Å²) in [5.41, 5.74) is 2.64. The third kappa shape index (κ3) is 4.17. The molecule has 8 nitrogen and oxygen atoms in total. The number of benzene rings is 1. The second-order valence-electron chi connectivity index (χ2n) is 6.25. The molecular formula is C22H26N4O4. The van der Waals surface area contributed by atoms with E-state index in [1.807, 2.05) is 37.3 Å². The Morgan fingerprint density at radius 1 is 1.20 bits per heavy atom. The number of nitrogens with zero attached hydrogens (tertiary/aromatic N) is 3. The number of hydrogen-bond donors (Lipinski definition) is 1. The second kappa shape index (κ2) is 9.69. The average Bonchev–Trinajstić information content (AvgIpc) is 3.26. The fraction of sp³-hybridized carbons (Fsp3) is 0.273. The second-order valence-corrected chi connectivity index (χ2v) is 6.25. The number of fused-ring (bicyclic) bond motifs is 1. The van der Waals surface area contributed by atoms with Crippen molar-refractivity contribution in [2.24, 2.45) is 0 Å². The van der Waals surface area contributed by atoms with Gasteiger partial charge in [-0.15, -0.1) is 0 Å². The Balaban J connectivity index is 2.08. The summed E-state index contributed by atoms with van der Waals surface area (Å²) < 4.78 is 23.5. The van der Waals surface area contributed by atoms with Gasteiger partial charge in [-0.2, -0.15) is 10.1 Å². The predicted molar refractivity (Wildman–Crippen MR) is 115 cm³/mol. The lowest BCUT2D eigenvalue weighted by atomic mass is 10.0. The number of aromatic nitrogens is 3. The van der Waals surface area contributed by atoms with Crippen LogP contribution in [0.5, 0.6) is 17.2 Å². The van der Waals surface area contributed by atoms with Crippen molar-refractivity contribution in [2.45, 2.75) is 13.0 Å². The van der Waals surface area contributed by atoms with Gasteiger partial charge in [-0.25, -0.2) is 4.68 Å². The van der Waals surface area contributed by atoms with Crippen LogP contribution >= 0.6 is 0 Å². The Hall–Kier alpha value is -3.68. The van der Waals surface area contributed by atoms with Crippen molar-refractivity contribution < 1.29 is 18.9 Å². The highest BCUT2D eigenvalue weighted by molar-refractivity contribution is 5.58. The van der Waals surface area contributed by atoms with Crippen LogP contribution in [0.2, 0.25) is 0 Å². The number of ether oxygens (including phenoxy) is 4. The van der Waals surface area contributed by atoms with Gasteiger partial charge in [-0.05, 0) is 48.4 Å². The van der Waals surface area contributed by atoms with Crippen molar-refractivity contribution >= 4 is 5.95 Å². The quantitative estimate of drug-likeness (QED) is 0.497. The smallest absolute Gasteiger partial charge is 0.226 e. The summed E-state index contributed by atoms with van der Waals surface area (Å²) in [6.45, 7) is 6.48. The Kier molecular flexibility index (Phi) is 6.79. The van der Waals surface area contributed by atoms with Crippen LogP contribution in [-0.2, 0) is 4.74 Å². The molecule has 2 aromatic rings. The number of hydrogen-bond acceptors (Lipinski definition) is 7. The van der Waals surface area contributed by atoms with E-state index in [0.717, 1.165) is 16.8 Å². The summed E-state index contributed by atoms with van der Waals surface area (Å²) in [5.74, 6) is 2.29. The molecule has 1 aliphatic rings. The third-order valence-corrected chi connectivity index (χ3v) is 4.58. The van der Waals surface area contributed by atoms with E-state index in [1.54, 1.807) is 38.3 Å². The largest absolute Gasteiger partial charge is 0.501 e. The van der Waals surface area contributed by atoms with Crippen LogP contribution in [0.4, 0.5) is 5.95 Å². The molecule has 0 aliphatic carbocycles. The third-order valence-electron chi connectivity index (χ3n) is 4.58. The summed E-state index contributed by atoms with van der Waals surface area (Å²) in [6.07, 6.45) is 10.7. The van der Waals surface area contributed by atoms with Gasteiger partial charge in [0.25, 0.3) is 0 Å². The van der Waals surface area contributed by atoms with Crippen molar-refractivity contribution in [1.82, 2.24) is 14.8 Å². The van der Waals surface area contributed by atoms with Gasteiger partial charge in [-0.1, -0.05) is 12.7 Å². The van der Waals surface area contributed by atoms with Crippen molar-refractivity contribution in [3.8, 4) is 17.2 Å². The fourth-order valence-electron chi connectivity index (χ4n) is 3.17. The molecule has 2 heterocycles. The van der Waals surface area contributed by atoms with Crippen LogP contribution in [0.15, 0.2) is 66.9 Å². The van der Waals surface area contributed by atoms with E-state index in [1.165, 1.54) is 6.33 Å². The molecule has 3 rings (SSSR count). The lowest BCUT2D eigenvalue weighted by Gasteiger charge is -2.25. The summed E-state index contributed by atoms with van der Waals surface area (Å²) in [7, 11) is 4.76. The van der Waals surface area contributed by atoms with Gasteiger partial charge >= 0.3 is 0 Å². The number of rotatable bonds is 9. The van der Waals surface area contributed by atoms with Crippen LogP contribution in [0.3, 0.4) is 0 Å². The van der Waals surface area contributed by atoms with Crippen LogP contribution < -0.4 is 19.5 Å². The molecule has 0 saturated carbocycles. The van der Waals surface area contributed by atoms with Gasteiger partial charge in [0.1, 0.15) is 12.4 Å². The molecule has 1 unspecified atom stereocenters. The van der Waals surface area contributed by atoms with Gasteiger partial charge < -0.3 is 24.3 Å². The molecule has 1 aliphatic heterocycles. The molecule has 8 heteroatoms. The van der Waals surface area contributed by atoms with Crippen molar-refractivity contribution in [2.75, 3.05) is 33.3 Å². The van der Waals surface area contributed by atoms with Gasteiger partial charge in [0.2, 0.25) is 11.7 Å². The Labute approximate surface area is 176 Å². The Morgan fingerprint density at radius 3 is 2.53 bits per heavy atom. The molecule has 0 amide bonds. The highest BCUT2D eigenvalue weighted by atomic mass is 16.5. The zero-order valence-electron chi connectivity index (χ0n) is 17.6. The maximum Gasteiger partial charge on any atom is 0.226 e. The van der Waals surface area contributed by atoms with Gasteiger partial charge in [0.05, 0.1) is 34.2 Å². The van der Waals surface area contributed by atoms with Gasteiger partial charge in [0.15, 0.2) is 11.5 Å². The minimum atomic E-state index is -0.244. The highest BCUT2D eigenvalue weighted by Gasteiger charge is 2.26. The number of nitrogens with one attached hydrogen (secondary N) is 1. The van der Waals surface area contributed by atoms with Crippen molar-refractivity contribution in [3.63, 3.8) is 0 Å². The molecule has 0 bridgehead atoms. The minimum absolute atomic E-state index is 0.244. The fourth-order valence-corrected chi connectivity index (χ4v) is 3.17. The molecule has 1 aromatic heterocycles. The van der Waals surface area contributed by atoms with E-state index in [4.69, 9.17) is 18.9 Å². The summed E-state index contributed by atoms with van der Waals surface area (Å²) >= 11 is 0. The van der Waals surface area contributed by atoms with E-state index >= 15 is 0 Å². The molecule has 30 heavy (non-hydrogen) atoms. The van der Waals surface area contributed by atoms with Gasteiger partial charge in [0, 0.05) is 5.70 Å². The van der Waals surface area contributed by atoms with E-state index in [2.05, 4.69) is 22.0 Å². The first-order valence-corrected chi connectivity index (χ1v) is 9.46. The summed E-state index contributed by atoms with van der Waals surface area (Å²) in [5, 5.41) is 7.68. The van der Waals surface area contributed by atoms with Crippen LogP contribution in [-0.4, -0.2) is 42.7 Å². The topological polar surface area (TPSA) is 79.7 Å². The van der Waals surface area contributed by atoms with Gasteiger partial charge in [-0.3, -0.25) is 0 Å². The number of anilines is 1. The predicted octanol–water partition coefficient (Wildman–Crippen LogP) is 3.87. The zero-order chi connectivity index (χ0) is 21.5. The maximum atomic E-state index is 5.51. The lowest BCUT2D eigenvalue weighted by molar-refractivity contribution is 0.269. The van der Waals surface area contributed by atoms with E-state index in [-0.39, 0.29) is 6.04 Å². The van der Waals surface area contributed by atoms with Crippen LogP contribution in [0.25, 0.3) is 0 Å². The molecule has 1 aromatic carbocycles. The first-order chi connectivity index (χ1) is 14.7. The molecule has 0 spiro atoms. The average molecular weight is 410 g/mol. The van der Waals surface area contributed by atoms with Crippen LogP contribution in [0, 0.1) is 0 Å². The van der Waals surface area contributed by atoms with E-state index in [9.17, 15) is 0 Å². The van der Waals surface area contributed by atoms with E-state index in [0.29, 0.717) is 29.8 Å². The first-order valence-electron chi connectivity index (χ1n) is 9.46. The molecule has 0 radical (unpaired) electrons. The Morgan fingerprint density at radius 2 is 1.93 bits per heavy atom. The summed E-state index contributed by atoms with van der Waals surface area (Å²) in [6, 6.07) is 3.57. The summed E-state index contributed by atoms with van der Waals surface area (Å²) in [4.78, 5) is 4.34. The normalized spacial score (nSPS) is 15.8. The highest BCUT2D eigenvalue weighted by Crippen LogP contribution is 2.42.